The number of hydrazone groups is 1. The fraction of sp³-hybridized carbons (Fsp3) is 0.0909. The van der Waals surface area contributed by atoms with Crippen molar-refractivity contribution in [2.75, 3.05) is 0 Å². The van der Waals surface area contributed by atoms with Crippen LogP contribution in [0.4, 0.5) is 0 Å². The van der Waals surface area contributed by atoms with E-state index in [0.717, 1.165) is 27.5 Å². The third-order valence-corrected chi connectivity index (χ3v) is 4.12. The number of rotatable bonds is 7. The van der Waals surface area contributed by atoms with Gasteiger partial charge in [0.2, 0.25) is 0 Å². The lowest BCUT2D eigenvalue weighted by Crippen LogP contribution is -2.05. The Morgan fingerprint density at radius 3 is 2.26 bits per heavy atom. The molecule has 4 nitrogen and oxygen atoms in total. The van der Waals surface area contributed by atoms with Crippen LogP contribution in [0.2, 0.25) is 5.02 Å². The van der Waals surface area contributed by atoms with E-state index >= 15 is 0 Å². The molecular formula is C22H18ClN3O. The molecule has 3 aromatic rings. The van der Waals surface area contributed by atoms with E-state index in [-0.39, 0.29) is 0 Å². The molecule has 0 bridgehead atoms. The molecule has 134 valence electrons. The fourth-order valence-corrected chi connectivity index (χ4v) is 2.48. The molecule has 0 aliphatic rings. The third kappa shape index (κ3) is 5.88. The van der Waals surface area contributed by atoms with Gasteiger partial charge in [-0.15, -0.1) is 0 Å². The first-order chi connectivity index (χ1) is 13.2. The predicted octanol–water partition coefficient (Wildman–Crippen LogP) is 4.91. The second kappa shape index (κ2) is 9.42. The summed E-state index contributed by atoms with van der Waals surface area (Å²) < 4.78 is 5.76. The first kappa shape index (κ1) is 18.5. The van der Waals surface area contributed by atoms with E-state index in [1.165, 1.54) is 0 Å². The molecule has 0 aliphatic heterocycles. The molecule has 0 amide bonds. The highest BCUT2D eigenvalue weighted by Crippen LogP contribution is 2.14. The Bertz CT molecular complexity index is 927. The van der Waals surface area contributed by atoms with Gasteiger partial charge in [0.25, 0.3) is 0 Å². The molecule has 3 rings (SSSR count). The van der Waals surface area contributed by atoms with Crippen LogP contribution in [0.3, 0.4) is 0 Å². The quantitative estimate of drug-likeness (QED) is 0.471. The summed E-state index contributed by atoms with van der Waals surface area (Å²) >= 11 is 5.86. The lowest BCUT2D eigenvalue weighted by molar-refractivity contribution is 0.306. The Morgan fingerprint density at radius 2 is 1.59 bits per heavy atom. The molecule has 3 aromatic carbocycles. The van der Waals surface area contributed by atoms with Gasteiger partial charge in [-0.2, -0.15) is 10.4 Å². The summed E-state index contributed by atoms with van der Waals surface area (Å²) in [4.78, 5) is 0. The van der Waals surface area contributed by atoms with Gasteiger partial charge < -0.3 is 10.2 Å². The van der Waals surface area contributed by atoms with E-state index in [4.69, 9.17) is 21.6 Å². The largest absolute Gasteiger partial charge is 0.489 e. The van der Waals surface area contributed by atoms with Crippen molar-refractivity contribution in [3.63, 3.8) is 0 Å². The van der Waals surface area contributed by atoms with E-state index < -0.39 is 0 Å². The normalized spacial score (nSPS) is 10.5. The molecule has 0 unspecified atom stereocenters. The molecule has 0 aromatic heterocycles. The lowest BCUT2D eigenvalue weighted by Gasteiger charge is -2.06. The van der Waals surface area contributed by atoms with Crippen molar-refractivity contribution >= 4 is 17.8 Å². The molecule has 0 fully saturated rings. The Balaban J connectivity index is 1.46. The van der Waals surface area contributed by atoms with Crippen LogP contribution in [-0.4, -0.2) is 6.21 Å². The molecule has 0 heterocycles. The summed E-state index contributed by atoms with van der Waals surface area (Å²) in [6.07, 6.45) is 1.76. The van der Waals surface area contributed by atoms with Gasteiger partial charge in [0, 0.05) is 5.02 Å². The van der Waals surface area contributed by atoms with Gasteiger partial charge in [-0.3, -0.25) is 0 Å². The number of ether oxygens (including phenoxy) is 1. The maximum Gasteiger partial charge on any atom is 0.119 e. The molecule has 0 spiro atoms. The van der Waals surface area contributed by atoms with Crippen LogP contribution in [0.15, 0.2) is 77.9 Å². The lowest BCUT2D eigenvalue weighted by atomic mass is 10.1. The smallest absolute Gasteiger partial charge is 0.119 e. The first-order valence-electron chi connectivity index (χ1n) is 8.45. The number of benzene rings is 3. The van der Waals surface area contributed by atoms with Gasteiger partial charge in [-0.05, 0) is 65.2 Å². The highest BCUT2D eigenvalue weighted by molar-refractivity contribution is 6.30. The van der Waals surface area contributed by atoms with Crippen LogP contribution < -0.4 is 10.2 Å². The fourth-order valence-electron chi connectivity index (χ4n) is 2.35. The standard InChI is InChI=1S/C22H18ClN3O/c23-21-9-5-18(6-10-21)14-25-26-15-19-7-11-22(12-8-19)27-16-20-3-1-17(13-24)2-4-20/h1-12,15,25H,14,16H2/b26-15-. The second-order valence-electron chi connectivity index (χ2n) is 5.89. The maximum absolute atomic E-state index is 8.81. The van der Waals surface area contributed by atoms with Crippen LogP contribution >= 0.6 is 11.6 Å². The monoisotopic (exact) mass is 375 g/mol. The van der Waals surface area contributed by atoms with Crippen LogP contribution in [-0.2, 0) is 13.2 Å². The Kier molecular flexibility index (Phi) is 6.45. The van der Waals surface area contributed by atoms with Crippen LogP contribution in [0, 0.1) is 11.3 Å². The van der Waals surface area contributed by atoms with Crippen molar-refractivity contribution in [3.8, 4) is 11.8 Å². The van der Waals surface area contributed by atoms with Crippen LogP contribution in [0.1, 0.15) is 22.3 Å². The number of halogens is 1. The van der Waals surface area contributed by atoms with Crippen LogP contribution in [0.5, 0.6) is 5.75 Å². The van der Waals surface area contributed by atoms with Crippen LogP contribution in [0.25, 0.3) is 0 Å². The van der Waals surface area contributed by atoms with Gasteiger partial charge in [0.05, 0.1) is 24.4 Å². The second-order valence-corrected chi connectivity index (χ2v) is 6.32. The minimum atomic E-state index is 0.460. The topological polar surface area (TPSA) is 57.4 Å². The molecule has 0 aliphatic carbocycles. The summed E-state index contributed by atoms with van der Waals surface area (Å²) in [6.45, 7) is 1.10. The molecule has 5 heteroatoms. The van der Waals surface area contributed by atoms with Crippen molar-refractivity contribution in [2.24, 2.45) is 5.10 Å². The highest BCUT2D eigenvalue weighted by Gasteiger charge is 1.98. The summed E-state index contributed by atoms with van der Waals surface area (Å²) in [7, 11) is 0. The van der Waals surface area contributed by atoms with Gasteiger partial charge in [-0.25, -0.2) is 0 Å². The Morgan fingerprint density at radius 1 is 0.926 bits per heavy atom. The van der Waals surface area contributed by atoms with E-state index in [2.05, 4.69) is 16.6 Å². The first-order valence-corrected chi connectivity index (χ1v) is 8.83. The van der Waals surface area contributed by atoms with E-state index in [0.29, 0.717) is 18.7 Å². The number of nitriles is 1. The molecule has 0 radical (unpaired) electrons. The van der Waals surface area contributed by atoms with Gasteiger partial charge in [0.1, 0.15) is 12.4 Å². The van der Waals surface area contributed by atoms with Crippen molar-refractivity contribution < 1.29 is 4.74 Å². The number of nitrogens with one attached hydrogen (secondary N) is 1. The molecule has 27 heavy (non-hydrogen) atoms. The summed E-state index contributed by atoms with van der Waals surface area (Å²) in [5.74, 6) is 0.783. The minimum absolute atomic E-state index is 0.460. The highest BCUT2D eigenvalue weighted by atomic mass is 35.5. The van der Waals surface area contributed by atoms with Gasteiger partial charge in [0.15, 0.2) is 0 Å². The number of hydrogen-bond acceptors (Lipinski definition) is 4. The number of nitrogens with zero attached hydrogens (tertiary/aromatic N) is 2. The zero-order valence-corrected chi connectivity index (χ0v) is 15.4. The Hall–Kier alpha value is -3.29. The maximum atomic E-state index is 8.81. The molecule has 0 saturated carbocycles. The van der Waals surface area contributed by atoms with Crippen molar-refractivity contribution in [3.05, 3.63) is 100 Å². The van der Waals surface area contributed by atoms with Crippen molar-refractivity contribution in [1.29, 1.82) is 5.26 Å². The summed E-state index contributed by atoms with van der Waals surface area (Å²) in [6, 6.07) is 24.8. The minimum Gasteiger partial charge on any atom is -0.489 e. The molecule has 0 saturated heterocycles. The van der Waals surface area contributed by atoms with E-state index in [1.54, 1.807) is 18.3 Å². The van der Waals surface area contributed by atoms with Gasteiger partial charge in [-0.1, -0.05) is 35.9 Å². The zero-order chi connectivity index (χ0) is 18.9. The van der Waals surface area contributed by atoms with Crippen molar-refractivity contribution in [2.45, 2.75) is 13.2 Å². The van der Waals surface area contributed by atoms with Crippen molar-refractivity contribution in [1.82, 2.24) is 5.43 Å². The average molecular weight is 376 g/mol. The van der Waals surface area contributed by atoms with E-state index in [9.17, 15) is 0 Å². The van der Waals surface area contributed by atoms with Gasteiger partial charge >= 0.3 is 0 Å². The third-order valence-electron chi connectivity index (χ3n) is 3.87. The predicted molar refractivity (Wildman–Crippen MR) is 108 cm³/mol. The summed E-state index contributed by atoms with van der Waals surface area (Å²) in [5.41, 5.74) is 6.77. The van der Waals surface area contributed by atoms with E-state index in [1.807, 2.05) is 60.7 Å². The number of hydrogen-bond donors (Lipinski definition) is 1. The molecule has 0 atom stereocenters. The Labute approximate surface area is 163 Å². The molecule has 1 N–H and O–H groups in total. The average Bonchev–Trinajstić information content (AvgIpc) is 2.72. The SMILES string of the molecule is N#Cc1ccc(COc2ccc(/C=N\NCc3ccc(Cl)cc3)cc2)cc1. The zero-order valence-electron chi connectivity index (χ0n) is 14.6. The summed E-state index contributed by atoms with van der Waals surface area (Å²) in [5, 5.41) is 13.8. The molecular weight excluding hydrogens is 358 g/mol.